The molecular formula is C14H23N3O. The summed E-state index contributed by atoms with van der Waals surface area (Å²) in [5, 5.41) is 7.72. The minimum absolute atomic E-state index is 0.316. The molecule has 1 aromatic rings. The van der Waals surface area contributed by atoms with E-state index in [4.69, 9.17) is 0 Å². The largest absolute Gasteiger partial charge is 0.316 e. The maximum absolute atomic E-state index is 11.9. The quantitative estimate of drug-likeness (QED) is 0.803. The molecule has 1 N–H and O–H groups in total. The number of aromatic nitrogens is 2. The zero-order valence-electron chi connectivity index (χ0n) is 11.4. The van der Waals surface area contributed by atoms with Crippen molar-refractivity contribution < 1.29 is 4.79 Å². The summed E-state index contributed by atoms with van der Waals surface area (Å²) in [7, 11) is 0. The fraction of sp³-hybridized carbons (Fsp3) is 0.714. The Labute approximate surface area is 109 Å². The van der Waals surface area contributed by atoms with Crippen LogP contribution in [0.5, 0.6) is 0 Å². The molecule has 0 aliphatic carbocycles. The molecule has 0 unspecified atom stereocenters. The van der Waals surface area contributed by atoms with E-state index in [1.807, 2.05) is 16.9 Å². The van der Waals surface area contributed by atoms with Gasteiger partial charge >= 0.3 is 0 Å². The predicted octanol–water partition coefficient (Wildman–Crippen LogP) is 1.97. The number of carbonyl (C=O) groups is 1. The summed E-state index contributed by atoms with van der Waals surface area (Å²) < 4.78 is 2.01. The molecule has 1 aromatic heterocycles. The predicted molar refractivity (Wildman–Crippen MR) is 71.5 cm³/mol. The lowest BCUT2D eigenvalue weighted by atomic mass is 9.95. The van der Waals surface area contributed by atoms with Gasteiger partial charge in [0.1, 0.15) is 5.78 Å². The molecule has 0 amide bonds. The molecule has 18 heavy (non-hydrogen) atoms. The van der Waals surface area contributed by atoms with Gasteiger partial charge in [0.15, 0.2) is 0 Å². The Balaban J connectivity index is 1.87. The van der Waals surface area contributed by atoms with Crippen molar-refractivity contribution in [1.29, 1.82) is 0 Å². The van der Waals surface area contributed by atoms with E-state index < -0.39 is 0 Å². The highest BCUT2D eigenvalue weighted by molar-refractivity contribution is 5.80. The molecular weight excluding hydrogens is 226 g/mol. The van der Waals surface area contributed by atoms with Gasteiger partial charge in [-0.05, 0) is 37.9 Å². The maximum Gasteiger partial charge on any atom is 0.139 e. The molecule has 1 saturated heterocycles. The molecule has 0 saturated carbocycles. The smallest absolute Gasteiger partial charge is 0.139 e. The molecule has 0 bridgehead atoms. The van der Waals surface area contributed by atoms with Crippen LogP contribution in [0.25, 0.3) is 0 Å². The van der Waals surface area contributed by atoms with Gasteiger partial charge in [-0.25, -0.2) is 0 Å². The molecule has 4 heteroatoms. The lowest BCUT2D eigenvalue weighted by molar-refractivity contribution is -0.119. The highest BCUT2D eigenvalue weighted by Crippen LogP contribution is 2.15. The van der Waals surface area contributed by atoms with Gasteiger partial charge in [0.2, 0.25) is 0 Å². The van der Waals surface area contributed by atoms with Crippen molar-refractivity contribution in [2.24, 2.45) is 5.92 Å². The van der Waals surface area contributed by atoms with Crippen molar-refractivity contribution in [3.8, 4) is 0 Å². The average molecular weight is 249 g/mol. The summed E-state index contributed by atoms with van der Waals surface area (Å²) in [6.07, 6.45) is 5.36. The van der Waals surface area contributed by atoms with E-state index >= 15 is 0 Å². The van der Waals surface area contributed by atoms with Crippen LogP contribution in [-0.2, 0) is 11.2 Å². The molecule has 0 aromatic carbocycles. The minimum atomic E-state index is 0.316. The first-order valence-electron chi connectivity index (χ1n) is 6.99. The van der Waals surface area contributed by atoms with Gasteiger partial charge in [-0.15, -0.1) is 0 Å². The van der Waals surface area contributed by atoms with E-state index in [0.29, 0.717) is 30.6 Å². The first kappa shape index (κ1) is 13.3. The lowest BCUT2D eigenvalue weighted by Gasteiger charge is -2.26. The fourth-order valence-corrected chi connectivity index (χ4v) is 2.43. The first-order chi connectivity index (χ1) is 8.72. The van der Waals surface area contributed by atoms with Crippen molar-refractivity contribution in [2.75, 3.05) is 13.1 Å². The summed E-state index contributed by atoms with van der Waals surface area (Å²) >= 11 is 0. The standard InChI is InChI=1S/C14H23N3O/c1-3-13(4-2)17-6-5-12(16-17)8-14(18)7-11-9-15-10-11/h5-6,11,13,15H,3-4,7-10H2,1-2H3. The number of Topliss-reactive ketones (excluding diaryl/α,β-unsaturated/α-hetero) is 1. The number of ketones is 1. The third-order valence-electron chi connectivity index (χ3n) is 3.74. The molecule has 2 rings (SSSR count). The van der Waals surface area contributed by atoms with Gasteiger partial charge in [-0.2, -0.15) is 5.10 Å². The van der Waals surface area contributed by atoms with E-state index in [-0.39, 0.29) is 0 Å². The maximum atomic E-state index is 11.9. The molecule has 1 fully saturated rings. The molecule has 0 spiro atoms. The van der Waals surface area contributed by atoms with Crippen LogP contribution in [0.1, 0.15) is 44.8 Å². The van der Waals surface area contributed by atoms with Crippen LogP contribution < -0.4 is 5.32 Å². The Kier molecular flexibility index (Phi) is 4.53. The first-order valence-corrected chi connectivity index (χ1v) is 6.99. The Morgan fingerprint density at radius 3 is 2.78 bits per heavy atom. The van der Waals surface area contributed by atoms with Crippen LogP contribution in [0.3, 0.4) is 0 Å². The Morgan fingerprint density at radius 2 is 2.22 bits per heavy atom. The lowest BCUT2D eigenvalue weighted by Crippen LogP contribution is -2.43. The van der Waals surface area contributed by atoms with E-state index in [0.717, 1.165) is 31.6 Å². The van der Waals surface area contributed by atoms with Crippen molar-refractivity contribution in [1.82, 2.24) is 15.1 Å². The van der Waals surface area contributed by atoms with Gasteiger partial charge in [0.25, 0.3) is 0 Å². The van der Waals surface area contributed by atoms with E-state index in [9.17, 15) is 4.79 Å². The van der Waals surface area contributed by atoms with Crippen LogP contribution in [0, 0.1) is 5.92 Å². The van der Waals surface area contributed by atoms with Crippen LogP contribution in [0.4, 0.5) is 0 Å². The number of hydrogen-bond donors (Lipinski definition) is 1. The summed E-state index contributed by atoms with van der Waals surface area (Å²) in [5.41, 5.74) is 0.916. The van der Waals surface area contributed by atoms with E-state index in [1.54, 1.807) is 0 Å². The third-order valence-corrected chi connectivity index (χ3v) is 3.74. The zero-order valence-corrected chi connectivity index (χ0v) is 11.4. The number of hydrogen-bond acceptors (Lipinski definition) is 3. The number of carbonyl (C=O) groups excluding carboxylic acids is 1. The zero-order chi connectivity index (χ0) is 13.0. The van der Waals surface area contributed by atoms with Crippen LogP contribution in [0.15, 0.2) is 12.3 Å². The second kappa shape index (κ2) is 6.14. The molecule has 1 aliphatic heterocycles. The minimum Gasteiger partial charge on any atom is -0.316 e. The van der Waals surface area contributed by atoms with E-state index in [1.165, 1.54) is 0 Å². The Bertz CT molecular complexity index is 391. The average Bonchev–Trinajstić information content (AvgIpc) is 2.74. The molecule has 0 radical (unpaired) electrons. The fourth-order valence-electron chi connectivity index (χ4n) is 2.43. The topological polar surface area (TPSA) is 46.9 Å². The van der Waals surface area contributed by atoms with Crippen LogP contribution >= 0.6 is 0 Å². The summed E-state index contributed by atoms with van der Waals surface area (Å²) in [4.78, 5) is 11.9. The Hall–Kier alpha value is -1.16. The summed E-state index contributed by atoms with van der Waals surface area (Å²) in [5.74, 6) is 0.870. The van der Waals surface area contributed by atoms with Gasteiger partial charge in [-0.1, -0.05) is 13.8 Å². The second-order valence-corrected chi connectivity index (χ2v) is 5.20. The molecule has 100 valence electrons. The van der Waals surface area contributed by atoms with E-state index in [2.05, 4.69) is 24.3 Å². The van der Waals surface area contributed by atoms with Crippen LogP contribution in [-0.4, -0.2) is 28.7 Å². The van der Waals surface area contributed by atoms with Gasteiger partial charge in [-0.3, -0.25) is 9.48 Å². The molecule has 1 aliphatic rings. The van der Waals surface area contributed by atoms with Crippen molar-refractivity contribution in [3.63, 3.8) is 0 Å². The van der Waals surface area contributed by atoms with Gasteiger partial charge in [0.05, 0.1) is 18.2 Å². The third kappa shape index (κ3) is 3.19. The number of nitrogens with one attached hydrogen (secondary N) is 1. The summed E-state index contributed by atoms with van der Waals surface area (Å²) in [6.45, 7) is 6.33. The second-order valence-electron chi connectivity index (χ2n) is 5.20. The highest BCUT2D eigenvalue weighted by Gasteiger charge is 2.20. The van der Waals surface area contributed by atoms with Crippen molar-refractivity contribution >= 4 is 5.78 Å². The molecule has 4 nitrogen and oxygen atoms in total. The van der Waals surface area contributed by atoms with Crippen molar-refractivity contribution in [2.45, 2.75) is 45.6 Å². The number of nitrogens with zero attached hydrogens (tertiary/aromatic N) is 2. The summed E-state index contributed by atoms with van der Waals surface area (Å²) in [6, 6.07) is 2.44. The van der Waals surface area contributed by atoms with Crippen LogP contribution in [0.2, 0.25) is 0 Å². The Morgan fingerprint density at radius 1 is 1.50 bits per heavy atom. The number of rotatable bonds is 7. The van der Waals surface area contributed by atoms with Gasteiger partial charge in [0, 0.05) is 12.6 Å². The molecule has 0 atom stereocenters. The van der Waals surface area contributed by atoms with Gasteiger partial charge < -0.3 is 5.32 Å². The highest BCUT2D eigenvalue weighted by atomic mass is 16.1. The molecule has 2 heterocycles. The monoisotopic (exact) mass is 249 g/mol. The SMILES string of the molecule is CCC(CC)n1ccc(CC(=O)CC2CNC2)n1. The van der Waals surface area contributed by atoms with Crippen molar-refractivity contribution in [3.05, 3.63) is 18.0 Å². The normalized spacial score (nSPS) is 15.9.